The van der Waals surface area contributed by atoms with Crippen LogP contribution < -0.4 is 5.32 Å². The minimum absolute atomic E-state index is 1.13. The third-order valence-corrected chi connectivity index (χ3v) is 1.58. The van der Waals surface area contributed by atoms with Crippen molar-refractivity contribution < 1.29 is 0 Å². The third-order valence-electron chi connectivity index (χ3n) is 1.58. The maximum Gasteiger partial charge on any atom is 0.0105 e. The molecule has 0 radical (unpaired) electrons. The zero-order chi connectivity index (χ0) is 7.44. The highest BCUT2D eigenvalue weighted by Crippen LogP contribution is 2.07. The first-order valence-corrected chi connectivity index (χ1v) is 3.10. The molecule has 0 rings (SSSR count). The minimum Gasteiger partial charge on any atom is -0.391 e. The van der Waals surface area contributed by atoms with Crippen LogP contribution in [0.4, 0.5) is 0 Å². The van der Waals surface area contributed by atoms with Crippen LogP contribution in [0, 0.1) is 0 Å². The summed E-state index contributed by atoms with van der Waals surface area (Å²) in [5.74, 6) is 0. The Bertz CT molecular complexity index is 143. The molecule has 0 unspecified atom stereocenters. The number of hydrogen-bond acceptors (Lipinski definition) is 1. The first kappa shape index (κ1) is 8.28. The van der Waals surface area contributed by atoms with E-state index in [9.17, 15) is 0 Å². The molecule has 0 atom stereocenters. The van der Waals surface area contributed by atoms with Crippen molar-refractivity contribution in [3.63, 3.8) is 0 Å². The largest absolute Gasteiger partial charge is 0.391 e. The number of allylic oxidation sites excluding steroid dienone is 3. The van der Waals surface area contributed by atoms with Gasteiger partial charge in [0.1, 0.15) is 0 Å². The molecule has 52 valence electrons. The summed E-state index contributed by atoms with van der Waals surface area (Å²) in [7, 11) is 1.92. The molecule has 0 heterocycles. The number of nitrogens with one attached hydrogen (secondary N) is 1. The van der Waals surface area contributed by atoms with Crippen LogP contribution in [0.5, 0.6) is 0 Å². The van der Waals surface area contributed by atoms with Gasteiger partial charge in [-0.2, -0.15) is 0 Å². The van der Waals surface area contributed by atoms with Crippen LogP contribution in [-0.2, 0) is 0 Å². The topological polar surface area (TPSA) is 12.0 Å². The average molecular weight is 125 g/mol. The summed E-state index contributed by atoms with van der Waals surface area (Å²) in [6.45, 7) is 9.95. The molecule has 0 aliphatic heterocycles. The molecule has 0 aromatic heterocycles. The van der Waals surface area contributed by atoms with Gasteiger partial charge in [0.15, 0.2) is 0 Å². The molecule has 1 heteroatoms. The van der Waals surface area contributed by atoms with Crippen LogP contribution in [-0.4, -0.2) is 7.05 Å². The fourth-order valence-electron chi connectivity index (χ4n) is 0.508. The van der Waals surface area contributed by atoms with Crippen LogP contribution in [0.3, 0.4) is 0 Å². The van der Waals surface area contributed by atoms with Gasteiger partial charge in [0.25, 0.3) is 0 Å². The van der Waals surface area contributed by atoms with Gasteiger partial charge < -0.3 is 5.32 Å². The lowest BCUT2D eigenvalue weighted by atomic mass is 10.1. The Morgan fingerprint density at radius 3 is 1.78 bits per heavy atom. The van der Waals surface area contributed by atoms with Crippen molar-refractivity contribution in [2.45, 2.75) is 20.8 Å². The second kappa shape index (κ2) is 3.33. The third kappa shape index (κ3) is 2.36. The van der Waals surface area contributed by atoms with Crippen molar-refractivity contribution in [3.05, 3.63) is 23.4 Å². The standard InChI is InChI=1S/C8H15N/c1-6(2)7(3)8(4)9-5/h9H,1H2,2-5H3/b8-7-. The maximum absolute atomic E-state index is 3.83. The van der Waals surface area contributed by atoms with Gasteiger partial charge >= 0.3 is 0 Å². The summed E-state index contributed by atoms with van der Waals surface area (Å²) < 4.78 is 0. The molecular formula is C8H15N. The summed E-state index contributed by atoms with van der Waals surface area (Å²) in [6.07, 6.45) is 0. The van der Waals surface area contributed by atoms with Gasteiger partial charge in [0, 0.05) is 12.7 Å². The van der Waals surface area contributed by atoms with Crippen molar-refractivity contribution in [2.24, 2.45) is 0 Å². The van der Waals surface area contributed by atoms with Gasteiger partial charge in [-0.15, -0.1) is 0 Å². The Morgan fingerprint density at radius 1 is 1.22 bits per heavy atom. The predicted octanol–water partition coefficient (Wildman–Crippen LogP) is 2.08. The predicted molar refractivity (Wildman–Crippen MR) is 42.2 cm³/mol. The molecule has 1 N–H and O–H groups in total. The molecule has 0 saturated heterocycles. The van der Waals surface area contributed by atoms with Gasteiger partial charge in [-0.25, -0.2) is 0 Å². The lowest BCUT2D eigenvalue weighted by Gasteiger charge is -2.04. The number of rotatable bonds is 2. The Hall–Kier alpha value is -0.720. The van der Waals surface area contributed by atoms with Gasteiger partial charge in [0.05, 0.1) is 0 Å². The highest BCUT2D eigenvalue weighted by Gasteiger charge is 1.92. The van der Waals surface area contributed by atoms with Crippen molar-refractivity contribution in [1.29, 1.82) is 0 Å². The zero-order valence-corrected chi connectivity index (χ0v) is 6.71. The van der Waals surface area contributed by atoms with Crippen molar-refractivity contribution in [1.82, 2.24) is 5.32 Å². The quantitative estimate of drug-likeness (QED) is 0.557. The molecule has 1 nitrogen and oxygen atoms in total. The molecule has 9 heavy (non-hydrogen) atoms. The minimum atomic E-state index is 1.13. The summed E-state index contributed by atoms with van der Waals surface area (Å²) >= 11 is 0. The first-order chi connectivity index (χ1) is 4.09. The average Bonchev–Trinajstić information content (AvgIpc) is 1.84. The smallest absolute Gasteiger partial charge is 0.0105 e. The highest BCUT2D eigenvalue weighted by molar-refractivity contribution is 5.27. The van der Waals surface area contributed by atoms with Crippen LogP contribution in [0.25, 0.3) is 0 Å². The molecule has 0 spiro atoms. The Labute approximate surface area is 57.5 Å². The van der Waals surface area contributed by atoms with E-state index in [2.05, 4.69) is 18.8 Å². The Morgan fingerprint density at radius 2 is 1.67 bits per heavy atom. The second-order valence-corrected chi connectivity index (χ2v) is 2.28. The summed E-state index contributed by atoms with van der Waals surface area (Å²) in [4.78, 5) is 0. The van der Waals surface area contributed by atoms with E-state index in [-0.39, 0.29) is 0 Å². The van der Waals surface area contributed by atoms with Crippen molar-refractivity contribution in [3.8, 4) is 0 Å². The van der Waals surface area contributed by atoms with Crippen molar-refractivity contribution in [2.75, 3.05) is 7.05 Å². The highest BCUT2D eigenvalue weighted by atomic mass is 14.8. The van der Waals surface area contributed by atoms with Crippen LogP contribution >= 0.6 is 0 Å². The monoisotopic (exact) mass is 125 g/mol. The second-order valence-electron chi connectivity index (χ2n) is 2.28. The van der Waals surface area contributed by atoms with Crippen LogP contribution in [0.15, 0.2) is 23.4 Å². The van der Waals surface area contributed by atoms with E-state index >= 15 is 0 Å². The number of hydrogen-bond donors (Lipinski definition) is 1. The summed E-state index contributed by atoms with van der Waals surface area (Å²) in [6, 6.07) is 0. The molecular weight excluding hydrogens is 110 g/mol. The Kier molecular flexibility index (Phi) is 3.07. The van der Waals surface area contributed by atoms with Gasteiger partial charge in [0.2, 0.25) is 0 Å². The normalized spacial score (nSPS) is 12.4. The molecule has 0 amide bonds. The van der Waals surface area contributed by atoms with E-state index in [1.165, 1.54) is 11.3 Å². The van der Waals surface area contributed by atoms with Gasteiger partial charge in [-0.3, -0.25) is 0 Å². The van der Waals surface area contributed by atoms with Crippen LogP contribution in [0.2, 0.25) is 0 Å². The van der Waals surface area contributed by atoms with Gasteiger partial charge in [-0.05, 0) is 26.3 Å². The summed E-state index contributed by atoms with van der Waals surface area (Å²) in [5.41, 5.74) is 3.57. The van der Waals surface area contributed by atoms with E-state index in [0.717, 1.165) is 5.57 Å². The summed E-state index contributed by atoms with van der Waals surface area (Å²) in [5, 5.41) is 3.06. The molecule has 0 aliphatic carbocycles. The lowest BCUT2D eigenvalue weighted by molar-refractivity contribution is 0.961. The molecule has 0 saturated carbocycles. The van der Waals surface area contributed by atoms with E-state index < -0.39 is 0 Å². The van der Waals surface area contributed by atoms with Crippen LogP contribution in [0.1, 0.15) is 20.8 Å². The van der Waals surface area contributed by atoms with Gasteiger partial charge in [-0.1, -0.05) is 12.2 Å². The fraction of sp³-hybridized carbons (Fsp3) is 0.500. The fourth-order valence-corrected chi connectivity index (χ4v) is 0.508. The van der Waals surface area contributed by atoms with E-state index in [0.29, 0.717) is 0 Å². The molecule has 0 fully saturated rings. The molecule has 0 bridgehead atoms. The van der Waals surface area contributed by atoms with E-state index in [1.54, 1.807) is 0 Å². The molecule has 0 aromatic carbocycles. The molecule has 0 aromatic rings. The molecule has 0 aliphatic rings. The zero-order valence-electron chi connectivity index (χ0n) is 6.71. The lowest BCUT2D eigenvalue weighted by Crippen LogP contribution is -2.04. The van der Waals surface area contributed by atoms with E-state index in [4.69, 9.17) is 0 Å². The maximum atomic E-state index is 3.83. The first-order valence-electron chi connectivity index (χ1n) is 3.10. The van der Waals surface area contributed by atoms with Crippen molar-refractivity contribution >= 4 is 0 Å². The Balaban J connectivity index is 4.28. The van der Waals surface area contributed by atoms with E-state index in [1.807, 2.05) is 20.9 Å². The SMILES string of the molecule is C=C(C)/C(C)=C(/C)NC.